The van der Waals surface area contributed by atoms with Crippen LogP contribution in [0.5, 0.6) is 11.5 Å². The second kappa shape index (κ2) is 6.62. The lowest BCUT2D eigenvalue weighted by Gasteiger charge is -2.17. The van der Waals surface area contributed by atoms with E-state index < -0.39 is 0 Å². The molecule has 0 aromatic heterocycles. The third-order valence-electron chi connectivity index (χ3n) is 3.48. The van der Waals surface area contributed by atoms with Gasteiger partial charge in [-0.2, -0.15) is 0 Å². The van der Waals surface area contributed by atoms with Gasteiger partial charge >= 0.3 is 0 Å². The van der Waals surface area contributed by atoms with Crippen LogP contribution < -0.4 is 20.5 Å². The first-order valence-corrected chi connectivity index (χ1v) is 7.61. The van der Waals surface area contributed by atoms with Crippen LogP contribution in [-0.2, 0) is 0 Å². The molecule has 1 fully saturated rings. The first-order chi connectivity index (χ1) is 9.60. The van der Waals surface area contributed by atoms with E-state index in [1.54, 1.807) is 26.4 Å². The van der Waals surface area contributed by atoms with E-state index in [2.05, 4.69) is 27.9 Å². The second-order valence-electron chi connectivity index (χ2n) is 4.84. The molecule has 0 spiro atoms. The number of carbonyl (C=O) groups excluding carboxylic acids is 1. The van der Waals surface area contributed by atoms with E-state index in [-0.39, 0.29) is 11.9 Å². The minimum atomic E-state index is -0.113. The normalized spacial score (nSPS) is 15.6. The molecule has 0 bridgehead atoms. The van der Waals surface area contributed by atoms with Gasteiger partial charge in [-0.15, -0.1) is 0 Å². The summed E-state index contributed by atoms with van der Waals surface area (Å²) >= 11 is 2.12. The molecule has 1 unspecified atom stereocenters. The number of rotatable bonds is 6. The van der Waals surface area contributed by atoms with Gasteiger partial charge in [0.15, 0.2) is 11.5 Å². The fourth-order valence-corrected chi connectivity index (χ4v) is 2.83. The fourth-order valence-electron chi connectivity index (χ4n) is 2.14. The van der Waals surface area contributed by atoms with Crippen molar-refractivity contribution in [3.8, 4) is 11.5 Å². The summed E-state index contributed by atoms with van der Waals surface area (Å²) in [5.74, 6) is 1.58. The summed E-state index contributed by atoms with van der Waals surface area (Å²) < 4.78 is 11.3. The maximum atomic E-state index is 12.4. The number of hydrogen-bond donors (Lipinski definition) is 2. The summed E-state index contributed by atoms with van der Waals surface area (Å²) in [7, 11) is 3.13. The summed E-state index contributed by atoms with van der Waals surface area (Å²) in [4.78, 5) is 12.4. The molecule has 0 radical (unpaired) electrons. The van der Waals surface area contributed by atoms with Crippen LogP contribution in [0.15, 0.2) is 12.1 Å². The van der Waals surface area contributed by atoms with Gasteiger partial charge < -0.3 is 20.5 Å². The van der Waals surface area contributed by atoms with E-state index in [0.717, 1.165) is 16.4 Å². The minimum absolute atomic E-state index is 0.0615. The van der Waals surface area contributed by atoms with Gasteiger partial charge in [0.25, 0.3) is 5.91 Å². The Morgan fingerprint density at radius 3 is 2.50 bits per heavy atom. The van der Waals surface area contributed by atoms with Crippen LogP contribution in [0.1, 0.15) is 23.2 Å². The molecule has 0 heterocycles. The summed E-state index contributed by atoms with van der Waals surface area (Å²) in [6.45, 7) is 0.472. The average molecular weight is 390 g/mol. The Hall–Kier alpha value is -1.02. The van der Waals surface area contributed by atoms with Crippen molar-refractivity contribution in [3.05, 3.63) is 21.3 Å². The van der Waals surface area contributed by atoms with Crippen LogP contribution in [0.3, 0.4) is 0 Å². The van der Waals surface area contributed by atoms with Crippen molar-refractivity contribution in [1.82, 2.24) is 5.32 Å². The Morgan fingerprint density at radius 1 is 1.40 bits per heavy atom. The first kappa shape index (κ1) is 15.4. The molecule has 1 saturated carbocycles. The van der Waals surface area contributed by atoms with Crippen molar-refractivity contribution in [2.24, 2.45) is 11.7 Å². The topological polar surface area (TPSA) is 73.6 Å². The molecule has 1 aromatic rings. The number of nitrogens with two attached hydrogens (primary N) is 1. The van der Waals surface area contributed by atoms with Crippen molar-refractivity contribution in [2.45, 2.75) is 18.9 Å². The zero-order valence-corrected chi connectivity index (χ0v) is 13.8. The molecule has 110 valence electrons. The summed E-state index contributed by atoms with van der Waals surface area (Å²) in [6, 6.07) is 3.56. The lowest BCUT2D eigenvalue weighted by Crippen LogP contribution is -2.42. The molecule has 1 atom stereocenters. The predicted molar refractivity (Wildman–Crippen MR) is 85.3 cm³/mol. The molecular weight excluding hydrogens is 371 g/mol. The van der Waals surface area contributed by atoms with Gasteiger partial charge in [0.2, 0.25) is 0 Å². The van der Waals surface area contributed by atoms with E-state index in [9.17, 15) is 4.79 Å². The second-order valence-corrected chi connectivity index (χ2v) is 6.00. The molecule has 2 rings (SSSR count). The summed E-state index contributed by atoms with van der Waals surface area (Å²) in [5, 5.41) is 3.01. The highest BCUT2D eigenvalue weighted by molar-refractivity contribution is 14.1. The summed E-state index contributed by atoms with van der Waals surface area (Å²) in [6.07, 6.45) is 2.29. The van der Waals surface area contributed by atoms with E-state index in [1.165, 1.54) is 0 Å². The van der Waals surface area contributed by atoms with Gasteiger partial charge in [-0.3, -0.25) is 4.79 Å². The third-order valence-corrected chi connectivity index (χ3v) is 4.37. The standard InChI is InChI=1S/C14H19IN2O3/c1-19-12-5-9(10(15)6-13(12)20-2)14(18)17-11(7-16)8-3-4-8/h5-6,8,11H,3-4,7,16H2,1-2H3,(H,17,18). The maximum Gasteiger partial charge on any atom is 0.252 e. The molecule has 1 aliphatic rings. The number of ether oxygens (including phenoxy) is 2. The van der Waals surface area contributed by atoms with Crippen molar-refractivity contribution < 1.29 is 14.3 Å². The Balaban J connectivity index is 2.20. The van der Waals surface area contributed by atoms with E-state index >= 15 is 0 Å². The largest absolute Gasteiger partial charge is 0.493 e. The van der Waals surface area contributed by atoms with Crippen LogP contribution in [-0.4, -0.2) is 32.7 Å². The van der Waals surface area contributed by atoms with Crippen molar-refractivity contribution in [2.75, 3.05) is 20.8 Å². The Bertz CT molecular complexity index is 503. The zero-order chi connectivity index (χ0) is 14.7. The number of carbonyl (C=O) groups is 1. The van der Waals surface area contributed by atoms with Crippen LogP contribution in [0, 0.1) is 9.49 Å². The van der Waals surface area contributed by atoms with Crippen LogP contribution in [0.25, 0.3) is 0 Å². The van der Waals surface area contributed by atoms with Gasteiger partial charge in [-0.25, -0.2) is 0 Å². The molecule has 0 saturated heterocycles. The number of amides is 1. The van der Waals surface area contributed by atoms with Crippen molar-refractivity contribution in [3.63, 3.8) is 0 Å². The molecule has 1 amide bonds. The molecular formula is C14H19IN2O3. The lowest BCUT2D eigenvalue weighted by atomic mass is 10.1. The van der Waals surface area contributed by atoms with Crippen molar-refractivity contribution in [1.29, 1.82) is 0 Å². The number of hydrogen-bond acceptors (Lipinski definition) is 4. The van der Waals surface area contributed by atoms with E-state index in [4.69, 9.17) is 15.2 Å². The molecule has 0 aliphatic heterocycles. The fraction of sp³-hybridized carbons (Fsp3) is 0.500. The smallest absolute Gasteiger partial charge is 0.252 e. The molecule has 5 nitrogen and oxygen atoms in total. The Morgan fingerprint density at radius 2 is 2.00 bits per heavy atom. The quantitative estimate of drug-likeness (QED) is 0.727. The van der Waals surface area contributed by atoms with Crippen LogP contribution in [0.2, 0.25) is 0 Å². The number of halogens is 1. The molecule has 6 heteroatoms. The van der Waals surface area contributed by atoms with Gasteiger partial charge in [-0.1, -0.05) is 0 Å². The average Bonchev–Trinajstić information content (AvgIpc) is 3.28. The maximum absolute atomic E-state index is 12.4. The van der Waals surface area contributed by atoms with E-state index in [0.29, 0.717) is 29.5 Å². The SMILES string of the molecule is COc1cc(I)c(C(=O)NC(CN)C2CC2)cc1OC. The highest BCUT2D eigenvalue weighted by atomic mass is 127. The molecule has 3 N–H and O–H groups in total. The third kappa shape index (κ3) is 3.35. The van der Waals surface area contributed by atoms with Crippen LogP contribution in [0.4, 0.5) is 0 Å². The van der Waals surface area contributed by atoms with Gasteiger partial charge in [0, 0.05) is 16.2 Å². The number of nitrogens with one attached hydrogen (secondary N) is 1. The van der Waals surface area contributed by atoms with Gasteiger partial charge in [-0.05, 0) is 53.5 Å². The summed E-state index contributed by atoms with van der Waals surface area (Å²) in [5.41, 5.74) is 6.30. The highest BCUT2D eigenvalue weighted by Gasteiger charge is 2.31. The van der Waals surface area contributed by atoms with Crippen molar-refractivity contribution >= 4 is 28.5 Å². The monoisotopic (exact) mass is 390 g/mol. The minimum Gasteiger partial charge on any atom is -0.493 e. The molecule has 1 aliphatic carbocycles. The van der Waals surface area contributed by atoms with E-state index in [1.807, 2.05) is 0 Å². The first-order valence-electron chi connectivity index (χ1n) is 6.53. The zero-order valence-electron chi connectivity index (χ0n) is 11.6. The Labute approximate surface area is 132 Å². The number of methoxy groups -OCH3 is 2. The number of benzene rings is 1. The molecule has 1 aromatic carbocycles. The highest BCUT2D eigenvalue weighted by Crippen LogP contribution is 2.33. The molecule has 20 heavy (non-hydrogen) atoms. The Kier molecular flexibility index (Phi) is 5.09. The van der Waals surface area contributed by atoms with Gasteiger partial charge in [0.1, 0.15) is 0 Å². The van der Waals surface area contributed by atoms with Gasteiger partial charge in [0.05, 0.1) is 19.8 Å². The lowest BCUT2D eigenvalue weighted by molar-refractivity contribution is 0.0932. The predicted octanol–water partition coefficient (Wildman–Crippen LogP) is 1.78. The van der Waals surface area contributed by atoms with Crippen LogP contribution >= 0.6 is 22.6 Å².